The lowest BCUT2D eigenvalue weighted by molar-refractivity contribution is -0.141. The van der Waals surface area contributed by atoms with Crippen molar-refractivity contribution in [3.05, 3.63) is 35.9 Å². The van der Waals surface area contributed by atoms with Gasteiger partial charge in [-0.3, -0.25) is 4.79 Å². The molecule has 0 radical (unpaired) electrons. The van der Waals surface area contributed by atoms with Crippen LogP contribution in [-0.4, -0.2) is 5.91 Å². The van der Waals surface area contributed by atoms with Gasteiger partial charge in [0, 0.05) is 0 Å². The number of fused-ring (bicyclic) bond motifs is 3. The number of benzene rings is 1. The Hall–Kier alpha value is -1.31. The molecule has 4 saturated carbocycles. The van der Waals surface area contributed by atoms with E-state index in [1.807, 2.05) is 0 Å². The molecule has 1 unspecified atom stereocenters. The van der Waals surface area contributed by atoms with E-state index in [0.29, 0.717) is 5.92 Å². The van der Waals surface area contributed by atoms with Crippen LogP contribution in [0.5, 0.6) is 0 Å². The lowest BCUT2D eigenvalue weighted by Crippen LogP contribution is -2.54. The Kier molecular flexibility index (Phi) is 2.55. The van der Waals surface area contributed by atoms with Crippen molar-refractivity contribution in [2.24, 2.45) is 23.0 Å². The smallest absolute Gasteiger partial charge is 0.223 e. The average molecular weight is 269 g/mol. The number of primary amides is 1. The molecule has 1 aromatic carbocycles. The summed E-state index contributed by atoms with van der Waals surface area (Å²) >= 11 is 0. The Bertz CT molecular complexity index is 524. The van der Waals surface area contributed by atoms with Crippen LogP contribution in [0.2, 0.25) is 0 Å². The van der Waals surface area contributed by atoms with Crippen molar-refractivity contribution < 1.29 is 4.79 Å². The van der Waals surface area contributed by atoms with Crippen LogP contribution in [0.25, 0.3) is 0 Å². The highest BCUT2D eigenvalue weighted by Gasteiger charge is 2.63. The van der Waals surface area contributed by atoms with Crippen LogP contribution < -0.4 is 5.73 Å². The number of nitrogens with two attached hydrogens (primary N) is 1. The first-order chi connectivity index (χ1) is 9.67. The molecule has 106 valence electrons. The van der Waals surface area contributed by atoms with E-state index in [0.717, 1.165) is 18.8 Å². The highest BCUT2D eigenvalue weighted by molar-refractivity contribution is 5.82. The standard InChI is InChI=1S/C18H23NO/c19-16(20)18-8-6-13(7-9-18)12-15(18)17(10-11-17)14-4-2-1-3-5-14/h1-5,13,15H,6-12H2,(H2,19,20). The number of carbonyl (C=O) groups excluding carboxylic acids is 1. The molecule has 0 heterocycles. The largest absolute Gasteiger partial charge is 0.369 e. The molecular formula is C18H23NO. The Balaban J connectivity index is 1.76. The van der Waals surface area contributed by atoms with E-state index < -0.39 is 0 Å². The molecule has 4 aliphatic rings. The first-order valence-corrected chi connectivity index (χ1v) is 8.03. The van der Waals surface area contributed by atoms with Gasteiger partial charge < -0.3 is 5.73 Å². The summed E-state index contributed by atoms with van der Waals surface area (Å²) in [5, 5.41) is 0. The summed E-state index contributed by atoms with van der Waals surface area (Å²) in [6, 6.07) is 10.9. The number of carbonyl (C=O) groups is 1. The third-order valence-electron chi connectivity index (χ3n) is 6.53. The Morgan fingerprint density at radius 3 is 2.25 bits per heavy atom. The molecule has 5 rings (SSSR count). The van der Waals surface area contributed by atoms with E-state index >= 15 is 0 Å². The second-order valence-corrected chi connectivity index (χ2v) is 7.27. The van der Waals surface area contributed by atoms with Crippen LogP contribution in [0.4, 0.5) is 0 Å². The zero-order chi connectivity index (χ0) is 13.8. The fraction of sp³-hybridized carbons (Fsp3) is 0.611. The van der Waals surface area contributed by atoms with Crippen LogP contribution in [0.15, 0.2) is 30.3 Å². The summed E-state index contributed by atoms with van der Waals surface area (Å²) in [6.45, 7) is 0. The molecule has 20 heavy (non-hydrogen) atoms. The first kappa shape index (κ1) is 12.4. The van der Waals surface area contributed by atoms with Gasteiger partial charge in [0.25, 0.3) is 0 Å². The van der Waals surface area contributed by atoms with E-state index in [9.17, 15) is 4.79 Å². The Morgan fingerprint density at radius 2 is 1.70 bits per heavy atom. The average Bonchev–Trinajstić information content (AvgIpc) is 3.31. The molecule has 1 aromatic rings. The molecule has 1 atom stereocenters. The lowest BCUT2D eigenvalue weighted by atomic mass is 9.50. The highest BCUT2D eigenvalue weighted by Crippen LogP contribution is 2.67. The van der Waals surface area contributed by atoms with E-state index in [4.69, 9.17) is 5.73 Å². The van der Waals surface area contributed by atoms with Crippen LogP contribution in [0.1, 0.15) is 50.5 Å². The van der Waals surface area contributed by atoms with Crippen LogP contribution in [0.3, 0.4) is 0 Å². The van der Waals surface area contributed by atoms with Gasteiger partial charge in [-0.15, -0.1) is 0 Å². The molecule has 0 saturated heterocycles. The summed E-state index contributed by atoms with van der Waals surface area (Å²) < 4.78 is 0. The maximum Gasteiger partial charge on any atom is 0.223 e. The van der Waals surface area contributed by atoms with Gasteiger partial charge in [0.1, 0.15) is 0 Å². The molecule has 0 aromatic heterocycles. The van der Waals surface area contributed by atoms with Gasteiger partial charge in [-0.1, -0.05) is 30.3 Å². The predicted octanol–water partition coefficient (Wildman–Crippen LogP) is 3.40. The molecule has 2 nitrogen and oxygen atoms in total. The SMILES string of the molecule is NC(=O)C12CCC(CC1)CC2C1(c2ccccc2)CC1. The minimum absolute atomic E-state index is 0.0251. The van der Waals surface area contributed by atoms with Crippen LogP contribution in [-0.2, 0) is 10.2 Å². The molecular weight excluding hydrogens is 246 g/mol. The van der Waals surface area contributed by atoms with Crippen molar-refractivity contribution >= 4 is 5.91 Å². The summed E-state index contributed by atoms with van der Waals surface area (Å²) in [5.41, 5.74) is 7.39. The fourth-order valence-corrected chi connectivity index (χ4v) is 5.25. The number of amides is 1. The van der Waals surface area contributed by atoms with Gasteiger partial charge in [0.05, 0.1) is 5.41 Å². The van der Waals surface area contributed by atoms with E-state index in [-0.39, 0.29) is 16.7 Å². The predicted molar refractivity (Wildman–Crippen MR) is 79.0 cm³/mol. The maximum absolute atomic E-state index is 12.3. The van der Waals surface area contributed by atoms with Crippen molar-refractivity contribution in [2.75, 3.05) is 0 Å². The second kappa shape index (κ2) is 4.09. The second-order valence-electron chi connectivity index (χ2n) is 7.27. The summed E-state index contributed by atoms with van der Waals surface area (Å²) in [7, 11) is 0. The van der Waals surface area contributed by atoms with E-state index in [2.05, 4.69) is 30.3 Å². The molecule has 2 heteroatoms. The number of hydrogen-bond donors (Lipinski definition) is 1. The maximum atomic E-state index is 12.3. The van der Waals surface area contributed by atoms with Crippen LogP contribution >= 0.6 is 0 Å². The van der Waals surface area contributed by atoms with Gasteiger partial charge >= 0.3 is 0 Å². The zero-order valence-corrected chi connectivity index (χ0v) is 12.0. The first-order valence-electron chi connectivity index (χ1n) is 8.03. The van der Waals surface area contributed by atoms with Crippen LogP contribution in [0, 0.1) is 17.3 Å². The molecule has 0 spiro atoms. The molecule has 2 N–H and O–H groups in total. The van der Waals surface area contributed by atoms with Gasteiger partial charge in [0.15, 0.2) is 0 Å². The molecule has 4 fully saturated rings. The summed E-state index contributed by atoms with van der Waals surface area (Å²) in [4.78, 5) is 12.3. The van der Waals surface area contributed by atoms with E-state index in [1.165, 1.54) is 37.7 Å². The van der Waals surface area contributed by atoms with Gasteiger partial charge in [-0.25, -0.2) is 0 Å². The lowest BCUT2D eigenvalue weighted by Gasteiger charge is -2.53. The van der Waals surface area contributed by atoms with Crippen molar-refractivity contribution in [1.82, 2.24) is 0 Å². The molecule has 0 aliphatic heterocycles. The summed E-state index contributed by atoms with van der Waals surface area (Å²) in [6.07, 6.45) is 8.19. The molecule has 4 aliphatic carbocycles. The normalized spacial score (nSPS) is 37.6. The molecule has 2 bridgehead atoms. The van der Waals surface area contributed by atoms with Gasteiger partial charge in [0.2, 0.25) is 5.91 Å². The quantitative estimate of drug-likeness (QED) is 0.898. The minimum Gasteiger partial charge on any atom is -0.369 e. The highest BCUT2D eigenvalue weighted by atomic mass is 16.1. The topological polar surface area (TPSA) is 43.1 Å². The van der Waals surface area contributed by atoms with Crippen molar-refractivity contribution in [2.45, 2.75) is 50.4 Å². The third kappa shape index (κ3) is 1.54. The minimum atomic E-state index is -0.207. The fourth-order valence-electron chi connectivity index (χ4n) is 5.25. The van der Waals surface area contributed by atoms with Crippen molar-refractivity contribution in [1.29, 1.82) is 0 Å². The third-order valence-corrected chi connectivity index (χ3v) is 6.53. The van der Waals surface area contributed by atoms with Gasteiger partial charge in [-0.05, 0) is 67.8 Å². The summed E-state index contributed by atoms with van der Waals surface area (Å²) in [5.74, 6) is 1.30. The number of rotatable bonds is 3. The molecule has 1 amide bonds. The Labute approximate surface area is 120 Å². The number of hydrogen-bond acceptors (Lipinski definition) is 1. The van der Waals surface area contributed by atoms with Gasteiger partial charge in [-0.2, -0.15) is 0 Å². The Morgan fingerprint density at radius 1 is 1.05 bits per heavy atom. The monoisotopic (exact) mass is 269 g/mol. The van der Waals surface area contributed by atoms with Crippen molar-refractivity contribution in [3.63, 3.8) is 0 Å². The zero-order valence-electron chi connectivity index (χ0n) is 12.0. The van der Waals surface area contributed by atoms with E-state index in [1.54, 1.807) is 0 Å². The van der Waals surface area contributed by atoms with Crippen molar-refractivity contribution in [3.8, 4) is 0 Å².